The number of benzene rings is 2. The van der Waals surface area contributed by atoms with E-state index in [2.05, 4.69) is 177 Å². The van der Waals surface area contributed by atoms with E-state index in [1.165, 1.54) is 33.4 Å². The first-order valence-corrected chi connectivity index (χ1v) is 14.8. The van der Waals surface area contributed by atoms with Crippen LogP contribution in [0.15, 0.2) is 159 Å². The minimum Gasteiger partial charge on any atom is -0.205 e. The lowest BCUT2D eigenvalue weighted by Gasteiger charge is -2.03. The molecule has 0 saturated heterocycles. The lowest BCUT2D eigenvalue weighted by molar-refractivity contribution is -0.708. The fraction of sp³-hybridized carbons (Fsp3) is 0.158. The molecule has 0 spiro atoms. The summed E-state index contributed by atoms with van der Waals surface area (Å²) in [7, 11) is 0. The summed E-state index contributed by atoms with van der Waals surface area (Å²) in [5.74, 6) is 0. The van der Waals surface area contributed by atoms with Crippen molar-refractivity contribution < 1.29 is 18.3 Å². The molecule has 0 radical (unpaired) electrons. The van der Waals surface area contributed by atoms with E-state index in [1.807, 2.05) is 0 Å². The van der Waals surface area contributed by atoms with Crippen LogP contribution in [0.25, 0.3) is 22.3 Å². The Morgan fingerprint density at radius 2 is 0.595 bits per heavy atom. The van der Waals surface area contributed by atoms with Crippen LogP contribution in [-0.2, 0) is 26.2 Å². The smallest absolute Gasteiger partial charge is 0.173 e. The zero-order valence-electron chi connectivity index (χ0n) is 24.0. The zero-order valence-corrected chi connectivity index (χ0v) is 24.0. The molecule has 4 aromatic heterocycles. The number of aromatic nitrogens is 4. The van der Waals surface area contributed by atoms with Gasteiger partial charge in [0, 0.05) is 72.5 Å². The van der Waals surface area contributed by atoms with Crippen LogP contribution in [0.1, 0.15) is 24.0 Å². The maximum absolute atomic E-state index is 2.29. The van der Waals surface area contributed by atoms with Crippen LogP contribution in [0.3, 0.4) is 0 Å². The number of hydrogen-bond acceptors (Lipinski definition) is 0. The normalized spacial score (nSPS) is 11.0. The van der Waals surface area contributed by atoms with Crippen LogP contribution < -0.4 is 18.3 Å². The molecule has 206 valence electrons. The molecule has 2 aromatic carbocycles. The van der Waals surface area contributed by atoms with E-state index in [0.717, 1.165) is 39.0 Å². The first-order chi connectivity index (χ1) is 20.8. The Kier molecular flexibility index (Phi) is 8.81. The average molecular weight is 551 g/mol. The molecule has 0 aliphatic carbocycles. The first kappa shape index (κ1) is 27.2. The fourth-order valence-corrected chi connectivity index (χ4v) is 5.29. The number of unbranched alkanes of at least 4 members (excludes halogenated alkanes) is 1. The van der Waals surface area contributed by atoms with Crippen molar-refractivity contribution in [1.82, 2.24) is 0 Å². The summed E-state index contributed by atoms with van der Waals surface area (Å²) < 4.78 is 9.01. The lowest BCUT2D eigenvalue weighted by atomic mass is 10.1. The molecule has 0 aliphatic rings. The SMILES string of the molecule is c1ccc(C[n+]2ccc(-c3cc[n+](CCCC[n+]4ccc(-c5cc[n+](Cc6ccccc6)cc5)cc4)cc3)cc2)cc1. The quantitative estimate of drug-likeness (QED) is 0.144. The molecule has 0 unspecified atom stereocenters. The van der Waals surface area contributed by atoms with E-state index >= 15 is 0 Å². The number of aryl methyl sites for hydroxylation is 2. The summed E-state index contributed by atoms with van der Waals surface area (Å²) in [6.07, 6.45) is 19.7. The van der Waals surface area contributed by atoms with Crippen molar-refractivity contribution in [2.75, 3.05) is 0 Å². The molecule has 0 atom stereocenters. The molecule has 42 heavy (non-hydrogen) atoms. The van der Waals surface area contributed by atoms with Gasteiger partial charge in [-0.2, -0.15) is 0 Å². The molecule has 0 fully saturated rings. The second-order valence-corrected chi connectivity index (χ2v) is 10.8. The molecule has 0 aliphatic heterocycles. The van der Waals surface area contributed by atoms with Crippen LogP contribution in [-0.4, -0.2) is 0 Å². The van der Waals surface area contributed by atoms with Crippen molar-refractivity contribution >= 4 is 0 Å². The largest absolute Gasteiger partial charge is 0.205 e. The number of nitrogens with zero attached hydrogens (tertiary/aromatic N) is 4. The predicted octanol–water partition coefficient (Wildman–Crippen LogP) is 5.75. The third-order valence-corrected chi connectivity index (χ3v) is 7.73. The van der Waals surface area contributed by atoms with Crippen LogP contribution in [0.5, 0.6) is 0 Å². The van der Waals surface area contributed by atoms with Gasteiger partial charge in [-0.05, 0) is 22.3 Å². The van der Waals surface area contributed by atoms with E-state index < -0.39 is 0 Å². The molecule has 4 heterocycles. The second-order valence-electron chi connectivity index (χ2n) is 10.8. The summed E-state index contributed by atoms with van der Waals surface area (Å²) in [5.41, 5.74) is 7.61. The molecule has 4 nitrogen and oxygen atoms in total. The van der Waals surface area contributed by atoms with Gasteiger partial charge in [0.15, 0.2) is 62.7 Å². The molecule has 0 bridgehead atoms. The monoisotopic (exact) mass is 550 g/mol. The Morgan fingerprint density at radius 1 is 0.310 bits per heavy atom. The van der Waals surface area contributed by atoms with Gasteiger partial charge in [-0.25, -0.2) is 18.3 Å². The molecule has 0 amide bonds. The molecular formula is C38H38N4+4. The number of rotatable bonds is 11. The van der Waals surface area contributed by atoms with Gasteiger partial charge in [0.05, 0.1) is 0 Å². The lowest BCUT2D eigenvalue weighted by Crippen LogP contribution is -2.35. The van der Waals surface area contributed by atoms with E-state index in [0.29, 0.717) is 0 Å². The highest BCUT2D eigenvalue weighted by Crippen LogP contribution is 2.17. The first-order valence-electron chi connectivity index (χ1n) is 14.8. The summed E-state index contributed by atoms with van der Waals surface area (Å²) in [6.45, 7) is 3.83. The van der Waals surface area contributed by atoms with Crippen molar-refractivity contribution in [3.05, 3.63) is 170 Å². The van der Waals surface area contributed by atoms with E-state index in [4.69, 9.17) is 0 Å². The molecule has 6 rings (SSSR count). The molecule has 0 saturated carbocycles. The van der Waals surface area contributed by atoms with Crippen LogP contribution in [0.4, 0.5) is 0 Å². The topological polar surface area (TPSA) is 15.5 Å². The number of pyridine rings is 4. The molecular weight excluding hydrogens is 512 g/mol. The maximum atomic E-state index is 2.29. The van der Waals surface area contributed by atoms with E-state index in [-0.39, 0.29) is 0 Å². The van der Waals surface area contributed by atoms with Gasteiger partial charge in [0.25, 0.3) is 0 Å². The average Bonchev–Trinajstić information content (AvgIpc) is 3.06. The highest BCUT2D eigenvalue weighted by Gasteiger charge is 2.09. The van der Waals surface area contributed by atoms with Crippen molar-refractivity contribution in [3.63, 3.8) is 0 Å². The van der Waals surface area contributed by atoms with Gasteiger partial charge in [0.2, 0.25) is 0 Å². The van der Waals surface area contributed by atoms with E-state index in [1.54, 1.807) is 0 Å². The highest BCUT2D eigenvalue weighted by molar-refractivity contribution is 5.61. The minimum absolute atomic E-state index is 0.890. The maximum Gasteiger partial charge on any atom is 0.173 e. The molecule has 0 N–H and O–H groups in total. The molecule has 4 heteroatoms. The Bertz CT molecular complexity index is 1530. The van der Waals surface area contributed by atoms with Crippen LogP contribution in [0, 0.1) is 0 Å². The second kappa shape index (κ2) is 13.6. The Balaban J connectivity index is 0.949. The fourth-order valence-electron chi connectivity index (χ4n) is 5.29. The summed E-state index contributed by atoms with van der Waals surface area (Å²) >= 11 is 0. The Hall–Kier alpha value is -4.96. The minimum atomic E-state index is 0.890. The summed E-state index contributed by atoms with van der Waals surface area (Å²) in [5, 5.41) is 0. The van der Waals surface area contributed by atoms with E-state index in [9.17, 15) is 0 Å². The van der Waals surface area contributed by atoms with Gasteiger partial charge in [-0.3, -0.25) is 0 Å². The summed E-state index contributed by atoms with van der Waals surface area (Å²) in [6, 6.07) is 38.8. The van der Waals surface area contributed by atoms with Gasteiger partial charge in [0.1, 0.15) is 13.1 Å². The van der Waals surface area contributed by atoms with Crippen molar-refractivity contribution in [1.29, 1.82) is 0 Å². The predicted molar refractivity (Wildman–Crippen MR) is 165 cm³/mol. The van der Waals surface area contributed by atoms with Crippen molar-refractivity contribution in [3.8, 4) is 22.3 Å². The van der Waals surface area contributed by atoms with Crippen molar-refractivity contribution in [2.45, 2.75) is 39.0 Å². The van der Waals surface area contributed by atoms with Gasteiger partial charge in [-0.1, -0.05) is 60.7 Å². The van der Waals surface area contributed by atoms with Gasteiger partial charge < -0.3 is 0 Å². The standard InChI is InChI=1S/C38H38N4/c1-3-9-33(10-4-1)31-41-27-17-37(18-28-41)35-13-23-39(24-14-35)21-7-8-22-40-25-15-36(16-26-40)38-19-29-42(30-20-38)32-34-11-5-2-6-12-34/h1-6,9-20,23-30H,7-8,21-22,31-32H2/q+4. The summed E-state index contributed by atoms with van der Waals surface area (Å²) in [4.78, 5) is 0. The Labute approximate surface area is 249 Å². The number of hydrogen-bond donors (Lipinski definition) is 0. The van der Waals surface area contributed by atoms with Gasteiger partial charge in [-0.15, -0.1) is 0 Å². The third kappa shape index (κ3) is 7.41. The third-order valence-electron chi connectivity index (χ3n) is 7.73. The van der Waals surface area contributed by atoms with Crippen LogP contribution in [0.2, 0.25) is 0 Å². The van der Waals surface area contributed by atoms with Gasteiger partial charge >= 0.3 is 0 Å². The highest BCUT2D eigenvalue weighted by atomic mass is 14.9. The molecule has 6 aromatic rings. The van der Waals surface area contributed by atoms with Crippen molar-refractivity contribution in [2.24, 2.45) is 0 Å². The Morgan fingerprint density at radius 3 is 0.905 bits per heavy atom. The van der Waals surface area contributed by atoms with Crippen LogP contribution >= 0.6 is 0 Å². The zero-order chi connectivity index (χ0) is 28.4.